The maximum Gasteiger partial charge on any atom is 0.259 e. The van der Waals surface area contributed by atoms with Gasteiger partial charge in [0.25, 0.3) is 5.91 Å². The van der Waals surface area contributed by atoms with Gasteiger partial charge in [-0.05, 0) is 40.2 Å². The van der Waals surface area contributed by atoms with Crippen LogP contribution in [0.2, 0.25) is 5.15 Å². The molecule has 0 saturated heterocycles. The van der Waals surface area contributed by atoms with E-state index in [2.05, 4.69) is 26.2 Å². The van der Waals surface area contributed by atoms with E-state index >= 15 is 0 Å². The van der Waals surface area contributed by atoms with Crippen molar-refractivity contribution in [3.05, 3.63) is 45.7 Å². The molecular weight excluding hydrogens is 336 g/mol. The van der Waals surface area contributed by atoms with E-state index in [1.54, 1.807) is 6.07 Å². The Morgan fingerprint density at radius 3 is 2.74 bits per heavy atom. The van der Waals surface area contributed by atoms with E-state index in [0.717, 1.165) is 0 Å². The lowest BCUT2D eigenvalue weighted by Gasteiger charge is -2.07. The molecule has 0 aliphatic rings. The van der Waals surface area contributed by atoms with Crippen LogP contribution in [-0.4, -0.2) is 21.1 Å². The van der Waals surface area contributed by atoms with Gasteiger partial charge in [-0.2, -0.15) is 0 Å². The maximum absolute atomic E-state index is 11.9. The predicted octanol–water partition coefficient (Wildman–Crippen LogP) is 3.16. The van der Waals surface area contributed by atoms with Crippen molar-refractivity contribution in [1.82, 2.24) is 4.98 Å². The monoisotopic (exact) mass is 342 g/mol. The number of phenols is 2. The van der Waals surface area contributed by atoms with E-state index in [9.17, 15) is 15.0 Å². The lowest BCUT2D eigenvalue weighted by molar-refractivity contribution is 0.102. The molecule has 0 fully saturated rings. The van der Waals surface area contributed by atoms with Crippen LogP contribution in [0.5, 0.6) is 11.5 Å². The summed E-state index contributed by atoms with van der Waals surface area (Å²) in [5, 5.41) is 21.7. The van der Waals surface area contributed by atoms with Crippen LogP contribution in [0.4, 0.5) is 5.69 Å². The van der Waals surface area contributed by atoms with Crippen LogP contribution in [0.3, 0.4) is 0 Å². The molecular formula is C12H8BrClN2O3. The number of phenolic OH excluding ortho intramolecular Hbond substituents is 2. The molecule has 0 atom stereocenters. The molecule has 0 bridgehead atoms. The molecule has 3 N–H and O–H groups in total. The number of rotatable bonds is 2. The van der Waals surface area contributed by atoms with Gasteiger partial charge in [-0.15, -0.1) is 0 Å². The fourth-order valence-electron chi connectivity index (χ4n) is 1.39. The molecule has 19 heavy (non-hydrogen) atoms. The number of pyridine rings is 1. The molecule has 1 aromatic heterocycles. The van der Waals surface area contributed by atoms with E-state index in [1.807, 2.05) is 0 Å². The molecule has 2 rings (SSSR count). The summed E-state index contributed by atoms with van der Waals surface area (Å²) in [5.74, 6) is -0.904. The fraction of sp³-hybridized carbons (Fsp3) is 0. The predicted molar refractivity (Wildman–Crippen MR) is 74.7 cm³/mol. The van der Waals surface area contributed by atoms with Gasteiger partial charge in [-0.3, -0.25) is 4.79 Å². The number of carbonyl (C=O) groups is 1. The van der Waals surface area contributed by atoms with Crippen molar-refractivity contribution in [2.45, 2.75) is 0 Å². The first-order valence-corrected chi connectivity index (χ1v) is 6.29. The summed E-state index contributed by atoms with van der Waals surface area (Å²) < 4.78 is 0.534. The first-order chi connectivity index (χ1) is 8.97. The van der Waals surface area contributed by atoms with Gasteiger partial charge >= 0.3 is 0 Å². The number of halogens is 2. The number of amides is 1. The van der Waals surface area contributed by atoms with Crippen LogP contribution < -0.4 is 5.32 Å². The second-order valence-electron chi connectivity index (χ2n) is 3.65. The van der Waals surface area contributed by atoms with Gasteiger partial charge in [0.1, 0.15) is 16.7 Å². The van der Waals surface area contributed by atoms with Gasteiger partial charge in [-0.25, -0.2) is 4.98 Å². The summed E-state index contributed by atoms with van der Waals surface area (Å²) in [4.78, 5) is 15.8. The van der Waals surface area contributed by atoms with Crippen LogP contribution in [-0.2, 0) is 0 Å². The SMILES string of the molecule is O=C(Nc1cnc(Cl)c(Br)c1)c1cc(O)ccc1O. The normalized spacial score (nSPS) is 10.2. The van der Waals surface area contributed by atoms with Crippen LogP contribution in [0.25, 0.3) is 0 Å². The Kier molecular flexibility index (Phi) is 3.92. The summed E-state index contributed by atoms with van der Waals surface area (Å²) in [7, 11) is 0. The van der Waals surface area contributed by atoms with Crippen LogP contribution in [0.15, 0.2) is 34.9 Å². The van der Waals surface area contributed by atoms with Gasteiger partial charge in [0.2, 0.25) is 0 Å². The van der Waals surface area contributed by atoms with Crippen LogP contribution >= 0.6 is 27.5 Å². The number of hydrogen-bond acceptors (Lipinski definition) is 4. The highest BCUT2D eigenvalue weighted by Gasteiger charge is 2.13. The molecule has 0 saturated carbocycles. The van der Waals surface area contributed by atoms with Crippen molar-refractivity contribution in [3.63, 3.8) is 0 Å². The number of hydrogen-bond donors (Lipinski definition) is 3. The molecule has 0 unspecified atom stereocenters. The Hall–Kier alpha value is -1.79. The quantitative estimate of drug-likeness (QED) is 0.578. The van der Waals surface area contributed by atoms with Gasteiger partial charge < -0.3 is 15.5 Å². The topological polar surface area (TPSA) is 82.5 Å². The summed E-state index contributed by atoms with van der Waals surface area (Å²) in [6, 6.07) is 5.27. The van der Waals surface area contributed by atoms with Gasteiger partial charge in [0.15, 0.2) is 0 Å². The second kappa shape index (κ2) is 5.46. The van der Waals surface area contributed by atoms with E-state index < -0.39 is 5.91 Å². The molecule has 0 spiro atoms. The molecule has 2 aromatic rings. The van der Waals surface area contributed by atoms with Gasteiger partial charge in [-0.1, -0.05) is 11.6 Å². The maximum atomic E-state index is 11.9. The summed E-state index contributed by atoms with van der Waals surface area (Å²) in [6.45, 7) is 0. The molecule has 1 heterocycles. The van der Waals surface area contributed by atoms with Crippen molar-refractivity contribution in [2.24, 2.45) is 0 Å². The number of anilines is 1. The van der Waals surface area contributed by atoms with Crippen molar-refractivity contribution < 1.29 is 15.0 Å². The third kappa shape index (κ3) is 3.15. The standard InChI is InChI=1S/C12H8BrClN2O3/c13-9-3-6(5-15-11(9)14)16-12(19)8-4-7(17)1-2-10(8)18/h1-5,17-18H,(H,16,19). The van der Waals surface area contributed by atoms with E-state index in [-0.39, 0.29) is 22.2 Å². The highest BCUT2D eigenvalue weighted by Crippen LogP contribution is 2.25. The lowest BCUT2D eigenvalue weighted by Crippen LogP contribution is -2.12. The Morgan fingerprint density at radius 1 is 1.32 bits per heavy atom. The first kappa shape index (κ1) is 13.6. The zero-order valence-electron chi connectivity index (χ0n) is 9.39. The minimum absolute atomic E-state index is 0.0360. The smallest absolute Gasteiger partial charge is 0.259 e. The van der Waals surface area contributed by atoms with Crippen molar-refractivity contribution in [3.8, 4) is 11.5 Å². The van der Waals surface area contributed by atoms with E-state index in [4.69, 9.17) is 11.6 Å². The summed E-state index contributed by atoms with van der Waals surface area (Å²) in [6.07, 6.45) is 1.38. The zero-order valence-corrected chi connectivity index (χ0v) is 11.7. The minimum Gasteiger partial charge on any atom is -0.508 e. The molecule has 0 radical (unpaired) electrons. The second-order valence-corrected chi connectivity index (χ2v) is 4.86. The Morgan fingerprint density at radius 2 is 2.05 bits per heavy atom. The average molecular weight is 344 g/mol. The number of nitrogens with zero attached hydrogens (tertiary/aromatic N) is 1. The minimum atomic E-state index is -0.565. The molecule has 1 aromatic carbocycles. The zero-order chi connectivity index (χ0) is 14.0. The molecule has 0 aliphatic carbocycles. The van der Waals surface area contributed by atoms with E-state index in [0.29, 0.717) is 10.2 Å². The highest BCUT2D eigenvalue weighted by atomic mass is 79.9. The van der Waals surface area contributed by atoms with Crippen molar-refractivity contribution in [2.75, 3.05) is 5.32 Å². The number of nitrogens with one attached hydrogen (secondary N) is 1. The van der Waals surface area contributed by atoms with Crippen molar-refractivity contribution >= 4 is 39.1 Å². The molecule has 0 aliphatic heterocycles. The summed E-state index contributed by atoms with van der Waals surface area (Å²) >= 11 is 8.92. The first-order valence-electron chi connectivity index (χ1n) is 5.12. The van der Waals surface area contributed by atoms with Gasteiger partial charge in [0, 0.05) is 0 Å². The third-order valence-electron chi connectivity index (χ3n) is 2.28. The van der Waals surface area contributed by atoms with Crippen LogP contribution in [0.1, 0.15) is 10.4 Å². The fourth-order valence-corrected chi connectivity index (χ4v) is 1.85. The van der Waals surface area contributed by atoms with Gasteiger partial charge in [0.05, 0.1) is 21.9 Å². The average Bonchev–Trinajstić information content (AvgIpc) is 2.36. The van der Waals surface area contributed by atoms with Crippen LogP contribution in [0, 0.1) is 0 Å². The highest BCUT2D eigenvalue weighted by molar-refractivity contribution is 9.10. The number of benzene rings is 1. The molecule has 7 heteroatoms. The Labute approximate surface area is 122 Å². The van der Waals surface area contributed by atoms with E-state index in [1.165, 1.54) is 24.4 Å². The Bertz CT molecular complexity index is 649. The molecule has 98 valence electrons. The number of aromatic nitrogens is 1. The van der Waals surface area contributed by atoms with Crippen molar-refractivity contribution in [1.29, 1.82) is 0 Å². The molecule has 1 amide bonds. The lowest BCUT2D eigenvalue weighted by atomic mass is 10.1. The third-order valence-corrected chi connectivity index (χ3v) is 3.41. The molecule has 5 nitrogen and oxygen atoms in total. The number of carbonyl (C=O) groups excluding carboxylic acids is 1. The largest absolute Gasteiger partial charge is 0.508 e. The number of aromatic hydroxyl groups is 2. The Balaban J connectivity index is 2.25. The summed E-state index contributed by atoms with van der Waals surface area (Å²) in [5.41, 5.74) is 0.370.